The van der Waals surface area contributed by atoms with Gasteiger partial charge >= 0.3 is 0 Å². The minimum Gasteiger partial charge on any atom is -0.508 e. The number of carbonyl (C=O) groups excluding carboxylic acids is 1. The molecule has 1 N–H and O–H groups in total. The van der Waals surface area contributed by atoms with E-state index in [-0.39, 0.29) is 23.8 Å². The maximum absolute atomic E-state index is 13.2. The van der Waals surface area contributed by atoms with Gasteiger partial charge in [-0.05, 0) is 47.5 Å². The van der Waals surface area contributed by atoms with Gasteiger partial charge in [0.15, 0.2) is 5.78 Å². The maximum atomic E-state index is 13.2. The number of halogens is 1. The molecule has 0 unspecified atom stereocenters. The topological polar surface area (TPSA) is 37.3 Å². The molecule has 22 heavy (non-hydrogen) atoms. The minimum absolute atomic E-state index is 0.0398. The number of hydrogen-bond acceptors (Lipinski definition) is 3. The Hall–Kier alpha value is -2.46. The first kappa shape index (κ1) is 14.5. The predicted molar refractivity (Wildman–Crippen MR) is 85.9 cm³/mol. The van der Waals surface area contributed by atoms with Gasteiger partial charge in [-0.1, -0.05) is 24.3 Å². The molecule has 0 fully saturated rings. The molecule has 3 rings (SSSR count). The number of phenols is 1. The van der Waals surface area contributed by atoms with Crippen molar-refractivity contribution in [3.05, 3.63) is 76.9 Å². The van der Waals surface area contributed by atoms with Crippen molar-refractivity contribution in [2.24, 2.45) is 0 Å². The van der Waals surface area contributed by atoms with Crippen molar-refractivity contribution >= 4 is 17.1 Å². The van der Waals surface area contributed by atoms with Crippen LogP contribution in [0.4, 0.5) is 4.39 Å². The van der Waals surface area contributed by atoms with Gasteiger partial charge in [0.1, 0.15) is 11.6 Å². The van der Waals surface area contributed by atoms with Crippen molar-refractivity contribution in [1.82, 2.24) is 0 Å². The highest BCUT2D eigenvalue weighted by Gasteiger charge is 2.12. The quantitative estimate of drug-likeness (QED) is 0.710. The molecule has 0 radical (unpaired) electrons. The highest BCUT2D eigenvalue weighted by Crippen LogP contribution is 2.30. The summed E-state index contributed by atoms with van der Waals surface area (Å²) < 4.78 is 13.2. The summed E-state index contributed by atoms with van der Waals surface area (Å²) in [4.78, 5) is 13.8. The van der Waals surface area contributed by atoms with E-state index in [1.165, 1.54) is 23.5 Å². The third kappa shape index (κ3) is 3.23. The molecular formula is C18H13FO2S. The Labute approximate surface area is 131 Å². The lowest BCUT2D eigenvalue weighted by Crippen LogP contribution is -2.01. The number of benzene rings is 2. The largest absolute Gasteiger partial charge is 0.508 e. The summed E-state index contributed by atoms with van der Waals surface area (Å²) in [7, 11) is 0. The number of rotatable bonds is 4. The first-order valence-electron chi connectivity index (χ1n) is 6.79. The van der Waals surface area contributed by atoms with Crippen LogP contribution in [0.2, 0.25) is 0 Å². The van der Waals surface area contributed by atoms with Crippen LogP contribution in [0, 0.1) is 5.82 Å². The first-order chi connectivity index (χ1) is 10.6. The van der Waals surface area contributed by atoms with Gasteiger partial charge in [-0.15, -0.1) is 11.3 Å². The summed E-state index contributed by atoms with van der Waals surface area (Å²) in [5, 5.41) is 9.51. The first-order valence-corrected chi connectivity index (χ1v) is 7.60. The highest BCUT2D eigenvalue weighted by molar-refractivity contribution is 7.17. The summed E-state index contributed by atoms with van der Waals surface area (Å²) in [5.74, 6) is -0.183. The van der Waals surface area contributed by atoms with E-state index in [2.05, 4.69) is 0 Å². The van der Waals surface area contributed by atoms with E-state index in [4.69, 9.17) is 0 Å². The van der Waals surface area contributed by atoms with Crippen molar-refractivity contribution in [3.63, 3.8) is 0 Å². The molecule has 0 aliphatic heterocycles. The zero-order valence-electron chi connectivity index (χ0n) is 11.6. The zero-order valence-corrected chi connectivity index (χ0v) is 12.4. The summed E-state index contributed by atoms with van der Waals surface area (Å²) in [5.41, 5.74) is 1.53. The van der Waals surface area contributed by atoms with Gasteiger partial charge in [0.05, 0.1) is 4.88 Å². The maximum Gasteiger partial charge on any atom is 0.177 e. The number of ketones is 1. The minimum atomic E-state index is -0.336. The molecule has 2 aromatic carbocycles. The summed E-state index contributed by atoms with van der Waals surface area (Å²) in [6, 6.07) is 16.6. The van der Waals surface area contributed by atoms with Crippen LogP contribution in [0.25, 0.3) is 10.4 Å². The molecular weight excluding hydrogens is 299 g/mol. The number of thiophene rings is 1. The van der Waals surface area contributed by atoms with Crippen molar-refractivity contribution < 1.29 is 14.3 Å². The molecule has 2 nitrogen and oxygen atoms in total. The average Bonchev–Trinajstić information content (AvgIpc) is 2.97. The molecule has 110 valence electrons. The van der Waals surface area contributed by atoms with E-state index in [9.17, 15) is 14.3 Å². The molecule has 0 aliphatic carbocycles. The van der Waals surface area contributed by atoms with Crippen LogP contribution in [0.5, 0.6) is 5.75 Å². The average molecular weight is 312 g/mol. The summed E-state index contributed by atoms with van der Waals surface area (Å²) >= 11 is 1.37. The lowest BCUT2D eigenvalue weighted by atomic mass is 10.1. The standard InChI is InChI=1S/C18H13FO2S/c19-14-5-1-3-12(9-14)10-16(21)18-8-7-17(22-18)13-4-2-6-15(20)11-13/h1-9,11,20H,10H2. The number of hydrogen-bond donors (Lipinski definition) is 1. The Bertz CT molecular complexity index is 823. The van der Waals surface area contributed by atoms with Crippen LogP contribution >= 0.6 is 11.3 Å². The van der Waals surface area contributed by atoms with Gasteiger partial charge in [0, 0.05) is 11.3 Å². The second kappa shape index (κ2) is 6.12. The van der Waals surface area contributed by atoms with Crippen LogP contribution < -0.4 is 0 Å². The monoisotopic (exact) mass is 312 g/mol. The Morgan fingerprint density at radius 3 is 2.64 bits per heavy atom. The summed E-state index contributed by atoms with van der Waals surface area (Å²) in [6.07, 6.45) is 0.178. The zero-order chi connectivity index (χ0) is 15.5. The summed E-state index contributed by atoms with van der Waals surface area (Å²) in [6.45, 7) is 0. The van der Waals surface area contributed by atoms with E-state index in [0.29, 0.717) is 10.4 Å². The number of Topliss-reactive ketones (excluding diaryl/α,β-unsaturated/α-hetero) is 1. The second-order valence-corrected chi connectivity index (χ2v) is 6.03. The van der Waals surface area contributed by atoms with Crippen molar-refractivity contribution in [2.75, 3.05) is 0 Å². The Morgan fingerprint density at radius 1 is 1.05 bits per heavy atom. The van der Waals surface area contributed by atoms with E-state index in [1.807, 2.05) is 12.1 Å². The Balaban J connectivity index is 1.80. The highest BCUT2D eigenvalue weighted by atomic mass is 32.1. The van der Waals surface area contributed by atoms with Gasteiger partial charge in [-0.2, -0.15) is 0 Å². The van der Waals surface area contributed by atoms with Crippen LogP contribution in [0.15, 0.2) is 60.7 Å². The molecule has 0 saturated carbocycles. The van der Waals surface area contributed by atoms with Crippen LogP contribution in [-0.4, -0.2) is 10.9 Å². The van der Waals surface area contributed by atoms with E-state index < -0.39 is 0 Å². The Kier molecular flexibility index (Phi) is 4.02. The predicted octanol–water partition coefficient (Wildman–Crippen LogP) is 4.69. The van der Waals surface area contributed by atoms with Crippen molar-refractivity contribution in [1.29, 1.82) is 0 Å². The van der Waals surface area contributed by atoms with Gasteiger partial charge in [-0.25, -0.2) is 4.39 Å². The van der Waals surface area contributed by atoms with Gasteiger partial charge in [0.2, 0.25) is 0 Å². The third-order valence-corrected chi connectivity index (χ3v) is 4.44. The van der Waals surface area contributed by atoms with Gasteiger partial charge < -0.3 is 5.11 Å². The molecule has 0 atom stereocenters. The smallest absolute Gasteiger partial charge is 0.177 e. The molecule has 0 amide bonds. The number of phenolic OH excluding ortho intramolecular Hbond substituents is 1. The molecule has 3 aromatic rings. The molecule has 1 aromatic heterocycles. The number of aromatic hydroxyl groups is 1. The molecule has 1 heterocycles. The molecule has 4 heteroatoms. The van der Waals surface area contributed by atoms with Crippen molar-refractivity contribution in [2.45, 2.75) is 6.42 Å². The molecule has 0 saturated heterocycles. The van der Waals surface area contributed by atoms with Crippen LogP contribution in [0.3, 0.4) is 0 Å². The fourth-order valence-corrected chi connectivity index (χ4v) is 3.16. The van der Waals surface area contributed by atoms with Crippen LogP contribution in [0.1, 0.15) is 15.2 Å². The normalized spacial score (nSPS) is 10.6. The van der Waals surface area contributed by atoms with Crippen LogP contribution in [-0.2, 0) is 6.42 Å². The fourth-order valence-electron chi connectivity index (χ4n) is 2.22. The van der Waals surface area contributed by atoms with Crippen molar-refractivity contribution in [3.8, 4) is 16.2 Å². The van der Waals surface area contributed by atoms with Gasteiger partial charge in [-0.3, -0.25) is 4.79 Å². The van der Waals surface area contributed by atoms with E-state index >= 15 is 0 Å². The fraction of sp³-hybridized carbons (Fsp3) is 0.0556. The molecule has 0 aliphatic rings. The third-order valence-electron chi connectivity index (χ3n) is 3.27. The lowest BCUT2D eigenvalue weighted by Gasteiger charge is -2.00. The molecule has 0 spiro atoms. The SMILES string of the molecule is O=C(Cc1cccc(F)c1)c1ccc(-c2cccc(O)c2)s1. The van der Waals surface area contributed by atoms with E-state index in [1.54, 1.807) is 36.4 Å². The second-order valence-electron chi connectivity index (χ2n) is 4.94. The lowest BCUT2D eigenvalue weighted by molar-refractivity contribution is 0.0997. The number of carbonyl (C=O) groups is 1. The Morgan fingerprint density at radius 2 is 1.86 bits per heavy atom. The van der Waals surface area contributed by atoms with Gasteiger partial charge in [0.25, 0.3) is 0 Å². The molecule has 0 bridgehead atoms. The van der Waals surface area contributed by atoms with E-state index in [0.717, 1.165) is 10.4 Å².